The molecule has 0 saturated carbocycles. The number of sulfonamides is 1. The Morgan fingerprint density at radius 1 is 1.17 bits per heavy atom. The van der Waals surface area contributed by atoms with Crippen LogP contribution in [0.25, 0.3) is 0 Å². The van der Waals surface area contributed by atoms with E-state index in [1.165, 1.54) is 0 Å². The van der Waals surface area contributed by atoms with E-state index < -0.39 is 10.0 Å². The second-order valence-corrected chi connectivity index (χ2v) is 8.70. The van der Waals surface area contributed by atoms with Crippen LogP contribution in [0.5, 0.6) is 0 Å². The van der Waals surface area contributed by atoms with Crippen LogP contribution in [-0.4, -0.2) is 80.8 Å². The fourth-order valence-corrected chi connectivity index (χ4v) is 5.46. The Morgan fingerprint density at radius 2 is 2.04 bits per heavy atom. The molecule has 0 aliphatic carbocycles. The fourth-order valence-electron chi connectivity index (χ4n) is 3.71. The molecule has 2 unspecified atom stereocenters. The van der Waals surface area contributed by atoms with Gasteiger partial charge in [0, 0.05) is 38.8 Å². The Hall–Kier alpha value is -0.700. The molecule has 7 nitrogen and oxygen atoms in total. The molecule has 2 atom stereocenters. The molecule has 3 saturated heterocycles. The molecule has 3 heterocycles. The Kier molecular flexibility index (Phi) is 5.56. The predicted octanol–water partition coefficient (Wildman–Crippen LogP) is -0.218. The number of nitrogens with one attached hydrogen (secondary N) is 1. The van der Waals surface area contributed by atoms with Crippen molar-refractivity contribution < 1.29 is 17.9 Å². The average molecular weight is 345 g/mol. The predicted molar refractivity (Wildman–Crippen MR) is 86.6 cm³/mol. The third-order valence-corrected chi connectivity index (χ3v) is 6.90. The van der Waals surface area contributed by atoms with Gasteiger partial charge in [0.05, 0.1) is 18.4 Å². The Bertz CT molecular complexity index is 519. The third kappa shape index (κ3) is 4.23. The van der Waals surface area contributed by atoms with Gasteiger partial charge in [-0.15, -0.1) is 0 Å². The summed E-state index contributed by atoms with van der Waals surface area (Å²) in [7, 11) is -3.32. The Balaban J connectivity index is 1.61. The van der Waals surface area contributed by atoms with Gasteiger partial charge >= 0.3 is 0 Å². The molecule has 3 rings (SSSR count). The second kappa shape index (κ2) is 7.46. The van der Waals surface area contributed by atoms with E-state index in [-0.39, 0.29) is 23.8 Å². The summed E-state index contributed by atoms with van der Waals surface area (Å²) in [6.07, 6.45) is 4.41. The lowest BCUT2D eigenvalue weighted by Crippen LogP contribution is -2.57. The van der Waals surface area contributed by atoms with E-state index >= 15 is 0 Å². The molecule has 1 amide bonds. The fraction of sp³-hybridized carbons (Fsp3) is 0.933. The first-order chi connectivity index (χ1) is 11.1. The first-order valence-corrected chi connectivity index (χ1v) is 10.3. The number of carbonyl (C=O) groups is 1. The van der Waals surface area contributed by atoms with Gasteiger partial charge in [-0.1, -0.05) is 0 Å². The quantitative estimate of drug-likeness (QED) is 0.762. The minimum atomic E-state index is -3.32. The summed E-state index contributed by atoms with van der Waals surface area (Å²) >= 11 is 0. The van der Waals surface area contributed by atoms with E-state index in [9.17, 15) is 13.2 Å². The van der Waals surface area contributed by atoms with Gasteiger partial charge in [0.25, 0.3) is 0 Å². The largest absolute Gasteiger partial charge is 0.377 e. The highest BCUT2D eigenvalue weighted by Crippen LogP contribution is 2.22. The molecular weight excluding hydrogens is 318 g/mol. The molecule has 23 heavy (non-hydrogen) atoms. The zero-order valence-corrected chi connectivity index (χ0v) is 14.4. The maximum Gasteiger partial charge on any atom is 0.236 e. The van der Waals surface area contributed by atoms with Crippen molar-refractivity contribution in [2.45, 2.75) is 44.2 Å². The summed E-state index contributed by atoms with van der Waals surface area (Å²) < 4.78 is 32.6. The van der Waals surface area contributed by atoms with Crippen LogP contribution in [0, 0.1) is 0 Å². The lowest BCUT2D eigenvalue weighted by Gasteiger charge is -2.40. The van der Waals surface area contributed by atoms with Gasteiger partial charge in [-0.2, -0.15) is 4.31 Å². The van der Waals surface area contributed by atoms with E-state index in [1.807, 2.05) is 4.90 Å². The molecule has 132 valence electrons. The minimum Gasteiger partial charge on any atom is -0.377 e. The van der Waals surface area contributed by atoms with Gasteiger partial charge < -0.3 is 15.0 Å². The summed E-state index contributed by atoms with van der Waals surface area (Å²) in [4.78, 5) is 13.9. The molecule has 1 N–H and O–H groups in total. The standard InChI is InChI=1S/C15H27N3O4S/c19-15-10-16-6-8-18(15)13-4-3-7-17(11-13)23(20,21)12-14-5-1-2-9-22-14/h13-14,16H,1-12H2. The SMILES string of the molecule is O=C1CNCCN1C1CCCN(S(=O)(=O)CC2CCCCO2)C1. The van der Waals surface area contributed by atoms with Gasteiger partial charge in [0.2, 0.25) is 15.9 Å². The first kappa shape index (κ1) is 17.1. The van der Waals surface area contributed by atoms with E-state index in [2.05, 4.69) is 5.32 Å². The number of hydrogen-bond donors (Lipinski definition) is 1. The zero-order valence-electron chi connectivity index (χ0n) is 13.6. The van der Waals surface area contributed by atoms with Crippen LogP contribution in [0.1, 0.15) is 32.1 Å². The van der Waals surface area contributed by atoms with Gasteiger partial charge in [-0.3, -0.25) is 4.79 Å². The molecule has 0 aromatic carbocycles. The minimum absolute atomic E-state index is 0.0143. The van der Waals surface area contributed by atoms with Gasteiger partial charge in [-0.05, 0) is 32.1 Å². The summed E-state index contributed by atoms with van der Waals surface area (Å²) in [6, 6.07) is 0.0143. The molecule has 0 spiro atoms. The summed E-state index contributed by atoms with van der Waals surface area (Å²) in [5.74, 6) is 0.158. The van der Waals surface area contributed by atoms with Crippen molar-refractivity contribution in [3.05, 3.63) is 0 Å². The summed E-state index contributed by atoms with van der Waals surface area (Å²) in [5.41, 5.74) is 0. The van der Waals surface area contributed by atoms with Crippen molar-refractivity contribution in [2.75, 3.05) is 45.1 Å². The molecule has 0 bridgehead atoms. The average Bonchev–Trinajstić information content (AvgIpc) is 2.56. The van der Waals surface area contributed by atoms with Crippen molar-refractivity contribution in [1.29, 1.82) is 0 Å². The zero-order chi connectivity index (χ0) is 16.3. The molecule has 0 aromatic rings. The topological polar surface area (TPSA) is 79.0 Å². The summed E-state index contributed by atoms with van der Waals surface area (Å²) in [5, 5.41) is 3.06. The lowest BCUT2D eigenvalue weighted by atomic mass is 10.1. The third-order valence-electron chi connectivity index (χ3n) is 4.99. The highest BCUT2D eigenvalue weighted by atomic mass is 32.2. The molecule has 3 aliphatic heterocycles. The second-order valence-electron chi connectivity index (χ2n) is 6.69. The number of piperazine rings is 1. The number of amides is 1. The molecular formula is C15H27N3O4S. The number of piperidine rings is 1. The summed E-state index contributed by atoms with van der Waals surface area (Å²) in [6.45, 7) is 3.47. The molecule has 3 fully saturated rings. The normalized spacial score (nSPS) is 31.3. The van der Waals surface area contributed by atoms with Gasteiger partial charge in [0.1, 0.15) is 0 Å². The highest BCUT2D eigenvalue weighted by molar-refractivity contribution is 7.89. The molecule has 3 aliphatic rings. The first-order valence-electron chi connectivity index (χ1n) is 8.66. The molecule has 0 aromatic heterocycles. The van der Waals surface area contributed by atoms with Crippen LogP contribution < -0.4 is 5.32 Å². The number of carbonyl (C=O) groups excluding carboxylic acids is 1. The van der Waals surface area contributed by atoms with Gasteiger partial charge in [-0.25, -0.2) is 8.42 Å². The van der Waals surface area contributed by atoms with Crippen molar-refractivity contribution in [2.24, 2.45) is 0 Å². The van der Waals surface area contributed by atoms with Crippen molar-refractivity contribution in [3.8, 4) is 0 Å². The highest BCUT2D eigenvalue weighted by Gasteiger charge is 2.35. The van der Waals surface area contributed by atoms with E-state index in [4.69, 9.17) is 4.74 Å². The monoisotopic (exact) mass is 345 g/mol. The maximum atomic E-state index is 12.7. The van der Waals surface area contributed by atoms with Crippen LogP contribution in [0.3, 0.4) is 0 Å². The maximum absolute atomic E-state index is 12.7. The lowest BCUT2D eigenvalue weighted by molar-refractivity contribution is -0.135. The number of nitrogens with zero attached hydrogens (tertiary/aromatic N) is 2. The van der Waals surface area contributed by atoms with Crippen LogP contribution in [0.15, 0.2) is 0 Å². The van der Waals surface area contributed by atoms with Gasteiger partial charge in [0.15, 0.2) is 0 Å². The van der Waals surface area contributed by atoms with Crippen LogP contribution in [0.4, 0.5) is 0 Å². The number of ether oxygens (including phenoxy) is 1. The smallest absolute Gasteiger partial charge is 0.236 e. The van der Waals surface area contributed by atoms with Crippen molar-refractivity contribution in [1.82, 2.24) is 14.5 Å². The molecule has 0 radical (unpaired) electrons. The Morgan fingerprint density at radius 3 is 2.78 bits per heavy atom. The number of rotatable bonds is 4. The van der Waals surface area contributed by atoms with Crippen molar-refractivity contribution in [3.63, 3.8) is 0 Å². The van der Waals surface area contributed by atoms with E-state index in [1.54, 1.807) is 4.31 Å². The van der Waals surface area contributed by atoms with Crippen molar-refractivity contribution >= 4 is 15.9 Å². The van der Waals surface area contributed by atoms with Crippen LogP contribution >= 0.6 is 0 Å². The van der Waals surface area contributed by atoms with Crippen LogP contribution in [0.2, 0.25) is 0 Å². The number of hydrogen-bond acceptors (Lipinski definition) is 5. The van der Waals surface area contributed by atoms with E-state index in [0.29, 0.717) is 32.8 Å². The van der Waals surface area contributed by atoms with E-state index in [0.717, 1.165) is 38.6 Å². The Labute approximate surface area is 138 Å². The van der Waals surface area contributed by atoms with Crippen LogP contribution in [-0.2, 0) is 19.6 Å². The molecule has 8 heteroatoms.